The Balaban J connectivity index is 1.62. The smallest absolute Gasteiger partial charge is 0.220 e. The predicted octanol–water partition coefficient (Wildman–Crippen LogP) is 1.19. The minimum absolute atomic E-state index is 0.00850. The van der Waals surface area contributed by atoms with E-state index in [2.05, 4.69) is 20.5 Å². The molecule has 0 radical (unpaired) electrons. The first-order chi connectivity index (χ1) is 9.75. The van der Waals surface area contributed by atoms with Crippen LogP contribution in [0.1, 0.15) is 24.2 Å². The van der Waals surface area contributed by atoms with E-state index >= 15 is 0 Å². The molecule has 0 aliphatic rings. The van der Waals surface area contributed by atoms with Crippen LogP contribution in [0.2, 0.25) is 0 Å². The van der Waals surface area contributed by atoms with Gasteiger partial charge in [-0.3, -0.25) is 9.89 Å². The molecule has 1 aromatic heterocycles. The lowest BCUT2D eigenvalue weighted by atomic mass is 10.1. The van der Waals surface area contributed by atoms with Crippen molar-refractivity contribution >= 4 is 5.91 Å². The summed E-state index contributed by atoms with van der Waals surface area (Å²) in [6.07, 6.45) is 3.97. The van der Waals surface area contributed by atoms with E-state index in [1.165, 1.54) is 6.33 Å². The third-order valence-electron chi connectivity index (χ3n) is 2.99. The zero-order chi connectivity index (χ0) is 14.2. The van der Waals surface area contributed by atoms with Crippen LogP contribution in [-0.4, -0.2) is 32.7 Å². The molecule has 20 heavy (non-hydrogen) atoms. The molecule has 1 amide bonds. The predicted molar refractivity (Wildman–Crippen MR) is 74.1 cm³/mol. The van der Waals surface area contributed by atoms with Crippen LogP contribution in [0.3, 0.4) is 0 Å². The van der Waals surface area contributed by atoms with Gasteiger partial charge in [-0.1, -0.05) is 18.2 Å². The summed E-state index contributed by atoms with van der Waals surface area (Å²) in [7, 11) is 0. The third-order valence-corrected chi connectivity index (χ3v) is 2.99. The van der Waals surface area contributed by atoms with Gasteiger partial charge in [-0.05, 0) is 24.5 Å². The number of aromatic nitrogens is 3. The summed E-state index contributed by atoms with van der Waals surface area (Å²) in [6, 6.07) is 7.07. The van der Waals surface area contributed by atoms with E-state index < -0.39 is 0 Å². The molecule has 0 saturated heterocycles. The van der Waals surface area contributed by atoms with E-state index in [1.54, 1.807) is 12.1 Å². The fourth-order valence-corrected chi connectivity index (χ4v) is 1.89. The van der Waals surface area contributed by atoms with Gasteiger partial charge in [-0.25, -0.2) is 4.98 Å². The molecule has 0 spiro atoms. The zero-order valence-corrected chi connectivity index (χ0v) is 11.2. The Morgan fingerprint density at radius 2 is 2.15 bits per heavy atom. The summed E-state index contributed by atoms with van der Waals surface area (Å²) in [6.45, 7) is 0.611. The summed E-state index contributed by atoms with van der Waals surface area (Å²) in [5, 5.41) is 19.0. The number of aromatic hydroxyl groups is 1. The maximum Gasteiger partial charge on any atom is 0.220 e. The molecule has 0 bridgehead atoms. The van der Waals surface area contributed by atoms with Crippen molar-refractivity contribution in [2.24, 2.45) is 0 Å². The van der Waals surface area contributed by atoms with Crippen molar-refractivity contribution in [3.8, 4) is 5.75 Å². The Hall–Kier alpha value is -2.37. The zero-order valence-electron chi connectivity index (χ0n) is 11.2. The molecule has 6 heteroatoms. The number of phenols is 1. The second-order valence-corrected chi connectivity index (χ2v) is 4.51. The highest BCUT2D eigenvalue weighted by Gasteiger charge is 2.05. The molecular formula is C14H18N4O2. The van der Waals surface area contributed by atoms with Gasteiger partial charge in [-0.15, -0.1) is 0 Å². The van der Waals surface area contributed by atoms with Gasteiger partial charge < -0.3 is 10.4 Å². The van der Waals surface area contributed by atoms with Gasteiger partial charge in [0.05, 0.1) is 0 Å². The fraction of sp³-hybridized carbons (Fsp3) is 0.357. The highest BCUT2D eigenvalue weighted by molar-refractivity contribution is 5.76. The van der Waals surface area contributed by atoms with Gasteiger partial charge in [0.15, 0.2) is 0 Å². The Kier molecular flexibility index (Phi) is 5.11. The van der Waals surface area contributed by atoms with Gasteiger partial charge in [0.1, 0.15) is 17.9 Å². The van der Waals surface area contributed by atoms with E-state index in [-0.39, 0.29) is 11.7 Å². The fourth-order valence-electron chi connectivity index (χ4n) is 1.89. The lowest BCUT2D eigenvalue weighted by Crippen LogP contribution is -2.25. The molecule has 106 valence electrons. The average molecular weight is 274 g/mol. The number of nitrogens with zero attached hydrogens (tertiary/aromatic N) is 2. The number of H-pyrrole nitrogens is 1. The van der Waals surface area contributed by atoms with Crippen molar-refractivity contribution in [1.29, 1.82) is 0 Å². The van der Waals surface area contributed by atoms with Crippen molar-refractivity contribution in [3.63, 3.8) is 0 Å². The van der Waals surface area contributed by atoms with Crippen molar-refractivity contribution in [2.75, 3.05) is 6.54 Å². The topological polar surface area (TPSA) is 90.9 Å². The van der Waals surface area contributed by atoms with Crippen LogP contribution in [0.4, 0.5) is 0 Å². The van der Waals surface area contributed by atoms with Crippen LogP contribution in [-0.2, 0) is 17.6 Å². The molecule has 6 nitrogen and oxygen atoms in total. The Morgan fingerprint density at radius 1 is 1.30 bits per heavy atom. The third kappa shape index (κ3) is 4.38. The van der Waals surface area contributed by atoms with Crippen LogP contribution >= 0.6 is 0 Å². The molecular weight excluding hydrogens is 256 g/mol. The number of aromatic amines is 1. The monoisotopic (exact) mass is 274 g/mol. The molecule has 0 unspecified atom stereocenters. The first-order valence-electron chi connectivity index (χ1n) is 6.63. The number of hydrogen-bond acceptors (Lipinski definition) is 4. The lowest BCUT2D eigenvalue weighted by Gasteiger charge is -2.06. The molecule has 2 rings (SSSR count). The van der Waals surface area contributed by atoms with E-state index in [9.17, 15) is 9.90 Å². The van der Waals surface area contributed by atoms with Crippen molar-refractivity contribution < 1.29 is 9.90 Å². The summed E-state index contributed by atoms with van der Waals surface area (Å²) >= 11 is 0. The molecule has 3 N–H and O–H groups in total. The van der Waals surface area contributed by atoms with Gasteiger partial charge in [-0.2, -0.15) is 5.10 Å². The second-order valence-electron chi connectivity index (χ2n) is 4.51. The van der Waals surface area contributed by atoms with Crippen molar-refractivity contribution in [1.82, 2.24) is 20.5 Å². The van der Waals surface area contributed by atoms with Gasteiger partial charge in [0, 0.05) is 19.4 Å². The Labute approximate surface area is 117 Å². The van der Waals surface area contributed by atoms with Crippen LogP contribution < -0.4 is 5.32 Å². The number of benzene rings is 1. The van der Waals surface area contributed by atoms with Gasteiger partial charge in [0.25, 0.3) is 0 Å². The Morgan fingerprint density at radius 3 is 2.90 bits per heavy atom. The highest BCUT2D eigenvalue weighted by Crippen LogP contribution is 2.16. The second kappa shape index (κ2) is 7.28. The number of hydrogen-bond donors (Lipinski definition) is 3. The van der Waals surface area contributed by atoms with Crippen molar-refractivity contribution in [3.05, 3.63) is 42.0 Å². The SMILES string of the molecule is O=C(CCc1ccccc1O)NCCCc1ncn[nH]1. The number of nitrogens with one attached hydrogen (secondary N) is 2. The molecule has 0 aliphatic carbocycles. The summed E-state index contributed by atoms with van der Waals surface area (Å²) in [5.74, 6) is 1.06. The standard InChI is InChI=1S/C14H18N4O2/c19-12-5-2-1-4-11(12)7-8-14(20)15-9-3-6-13-16-10-17-18-13/h1-2,4-5,10,19H,3,6-9H2,(H,15,20)(H,16,17,18). The molecule has 0 atom stereocenters. The molecule has 2 aromatic rings. The maximum absolute atomic E-state index is 11.7. The number of carbonyl (C=O) groups excluding carboxylic acids is 1. The number of aryl methyl sites for hydroxylation is 2. The number of para-hydroxylation sites is 1. The van der Waals surface area contributed by atoms with Gasteiger partial charge >= 0.3 is 0 Å². The van der Waals surface area contributed by atoms with Crippen molar-refractivity contribution in [2.45, 2.75) is 25.7 Å². The molecule has 0 aliphatic heterocycles. The van der Waals surface area contributed by atoms with Gasteiger partial charge in [0.2, 0.25) is 5.91 Å². The lowest BCUT2D eigenvalue weighted by molar-refractivity contribution is -0.121. The normalized spacial score (nSPS) is 10.4. The van der Waals surface area contributed by atoms with Crippen LogP contribution in [0.15, 0.2) is 30.6 Å². The number of phenolic OH excluding ortho intramolecular Hbond substituents is 1. The summed E-state index contributed by atoms with van der Waals surface area (Å²) in [5.41, 5.74) is 0.796. The largest absolute Gasteiger partial charge is 0.508 e. The number of carbonyl (C=O) groups is 1. The number of amides is 1. The quantitative estimate of drug-likeness (QED) is 0.661. The van der Waals surface area contributed by atoms with E-state index in [0.717, 1.165) is 24.2 Å². The first-order valence-corrected chi connectivity index (χ1v) is 6.63. The van der Waals surface area contributed by atoms with Crippen LogP contribution in [0.5, 0.6) is 5.75 Å². The maximum atomic E-state index is 11.7. The highest BCUT2D eigenvalue weighted by atomic mass is 16.3. The van der Waals surface area contributed by atoms with E-state index in [0.29, 0.717) is 19.4 Å². The minimum Gasteiger partial charge on any atom is -0.508 e. The number of rotatable bonds is 7. The van der Waals surface area contributed by atoms with E-state index in [1.807, 2.05) is 12.1 Å². The molecule has 1 aromatic carbocycles. The Bertz CT molecular complexity index is 540. The molecule has 1 heterocycles. The molecule has 0 saturated carbocycles. The summed E-state index contributed by atoms with van der Waals surface area (Å²) in [4.78, 5) is 15.7. The van der Waals surface area contributed by atoms with Crippen LogP contribution in [0.25, 0.3) is 0 Å². The first kappa shape index (κ1) is 14.0. The summed E-state index contributed by atoms with van der Waals surface area (Å²) < 4.78 is 0. The average Bonchev–Trinajstić information content (AvgIpc) is 2.96. The van der Waals surface area contributed by atoms with Crippen LogP contribution in [0, 0.1) is 0 Å². The minimum atomic E-state index is -0.00850. The molecule has 0 fully saturated rings. The van der Waals surface area contributed by atoms with E-state index in [4.69, 9.17) is 0 Å².